The summed E-state index contributed by atoms with van der Waals surface area (Å²) >= 11 is 11.8. The Hall–Kier alpha value is -0.530. The average molecular weight is 353 g/mol. The summed E-state index contributed by atoms with van der Waals surface area (Å²) in [6.07, 6.45) is 1.78. The topological polar surface area (TPSA) is 81.4 Å². The van der Waals surface area contributed by atoms with Gasteiger partial charge in [0.25, 0.3) is 0 Å². The molecular formula is C13H18Cl2N2O3S. The summed E-state index contributed by atoms with van der Waals surface area (Å²) in [6.45, 7) is 2.99. The number of anilines is 1. The number of hydrogen-bond acceptors (Lipinski definition) is 4. The highest BCUT2D eigenvalue weighted by molar-refractivity contribution is 7.89. The van der Waals surface area contributed by atoms with Gasteiger partial charge in [-0.25, -0.2) is 13.1 Å². The van der Waals surface area contributed by atoms with Crippen LogP contribution in [0.15, 0.2) is 17.0 Å². The highest BCUT2D eigenvalue weighted by atomic mass is 35.5. The van der Waals surface area contributed by atoms with Gasteiger partial charge >= 0.3 is 0 Å². The molecule has 0 amide bonds. The summed E-state index contributed by atoms with van der Waals surface area (Å²) in [4.78, 5) is -0.125. The number of hydrogen-bond donors (Lipinski definition) is 2. The van der Waals surface area contributed by atoms with Crippen molar-refractivity contribution in [2.45, 2.75) is 30.8 Å². The van der Waals surface area contributed by atoms with Crippen molar-refractivity contribution in [2.24, 2.45) is 5.92 Å². The molecule has 1 aliphatic rings. The summed E-state index contributed by atoms with van der Waals surface area (Å²) < 4.78 is 32.9. The lowest BCUT2D eigenvalue weighted by molar-refractivity contribution is 0.0884. The largest absolute Gasteiger partial charge is 0.398 e. The number of rotatable bonds is 5. The molecule has 0 radical (unpaired) electrons. The molecule has 0 aromatic heterocycles. The van der Waals surface area contributed by atoms with Crippen LogP contribution in [0.1, 0.15) is 19.8 Å². The van der Waals surface area contributed by atoms with Crippen LogP contribution >= 0.6 is 23.2 Å². The van der Waals surface area contributed by atoms with Crippen molar-refractivity contribution in [1.82, 2.24) is 4.72 Å². The van der Waals surface area contributed by atoms with Crippen molar-refractivity contribution in [1.29, 1.82) is 0 Å². The molecule has 1 heterocycles. The van der Waals surface area contributed by atoms with Gasteiger partial charge < -0.3 is 10.5 Å². The van der Waals surface area contributed by atoms with Gasteiger partial charge in [-0.05, 0) is 25.0 Å². The zero-order valence-corrected chi connectivity index (χ0v) is 13.9. The summed E-state index contributed by atoms with van der Waals surface area (Å²) in [5, 5.41) is 0.314. The molecule has 2 rings (SSSR count). The lowest BCUT2D eigenvalue weighted by atomic mass is 10.0. The van der Waals surface area contributed by atoms with E-state index < -0.39 is 10.0 Å². The van der Waals surface area contributed by atoms with E-state index in [4.69, 9.17) is 33.7 Å². The second kappa shape index (κ2) is 6.71. The van der Waals surface area contributed by atoms with Crippen LogP contribution in [0, 0.1) is 5.92 Å². The van der Waals surface area contributed by atoms with Gasteiger partial charge in [-0.15, -0.1) is 0 Å². The first-order valence-corrected chi connectivity index (χ1v) is 8.95. The Kier molecular flexibility index (Phi) is 5.38. The third-order valence-corrected chi connectivity index (χ3v) is 5.76. The Morgan fingerprint density at radius 3 is 2.76 bits per heavy atom. The third kappa shape index (κ3) is 3.81. The van der Waals surface area contributed by atoms with E-state index >= 15 is 0 Å². The monoisotopic (exact) mass is 352 g/mol. The second-order valence-corrected chi connectivity index (χ2v) is 7.57. The van der Waals surface area contributed by atoms with Crippen LogP contribution in [0.2, 0.25) is 10.0 Å². The molecule has 1 aromatic carbocycles. The van der Waals surface area contributed by atoms with E-state index in [1.807, 2.05) is 6.92 Å². The Bertz CT molecular complexity index is 599. The van der Waals surface area contributed by atoms with Gasteiger partial charge in [0, 0.05) is 24.1 Å². The minimum absolute atomic E-state index is 0.0159. The highest BCUT2D eigenvalue weighted by Crippen LogP contribution is 2.31. The van der Waals surface area contributed by atoms with Crippen molar-refractivity contribution in [3.05, 3.63) is 22.2 Å². The number of ether oxygens (including phenoxy) is 1. The molecule has 2 atom stereocenters. The number of nitrogens with one attached hydrogen (secondary N) is 1. The average Bonchev–Trinajstić information content (AvgIpc) is 2.82. The Morgan fingerprint density at radius 2 is 2.14 bits per heavy atom. The fraction of sp³-hybridized carbons (Fsp3) is 0.538. The Balaban J connectivity index is 2.16. The molecule has 1 saturated heterocycles. The molecule has 0 bridgehead atoms. The second-order valence-electron chi connectivity index (χ2n) is 5.02. The molecule has 0 aliphatic carbocycles. The summed E-state index contributed by atoms with van der Waals surface area (Å²) in [7, 11) is -3.78. The lowest BCUT2D eigenvalue weighted by Crippen LogP contribution is -2.33. The predicted octanol–water partition coefficient (Wildman–Crippen LogP) is 2.67. The van der Waals surface area contributed by atoms with E-state index in [1.54, 1.807) is 0 Å². The zero-order valence-electron chi connectivity index (χ0n) is 11.6. The zero-order chi connectivity index (χ0) is 15.6. The minimum Gasteiger partial charge on any atom is -0.398 e. The maximum Gasteiger partial charge on any atom is 0.244 e. The smallest absolute Gasteiger partial charge is 0.244 e. The van der Waals surface area contributed by atoms with Crippen LogP contribution in [0.25, 0.3) is 0 Å². The molecule has 1 fully saturated rings. The van der Waals surface area contributed by atoms with Crippen molar-refractivity contribution in [2.75, 3.05) is 18.9 Å². The first-order chi connectivity index (χ1) is 9.85. The van der Waals surface area contributed by atoms with Gasteiger partial charge in [-0.2, -0.15) is 0 Å². The van der Waals surface area contributed by atoms with E-state index in [9.17, 15) is 8.42 Å². The predicted molar refractivity (Wildman–Crippen MR) is 84.2 cm³/mol. The van der Waals surface area contributed by atoms with Gasteiger partial charge in [0.2, 0.25) is 10.0 Å². The van der Waals surface area contributed by atoms with E-state index in [-0.39, 0.29) is 27.6 Å². The molecule has 8 heteroatoms. The molecule has 0 saturated carbocycles. The standard InChI is InChI=1S/C13H18Cl2N2O3S/c1-2-12-8(3-4-20-12)7-17-21(18,19)13-10(15)5-9(14)6-11(13)16/h5-6,8,12,17H,2-4,7,16H2,1H3. The number of halogens is 2. The van der Waals surface area contributed by atoms with Crippen molar-refractivity contribution in [3.8, 4) is 0 Å². The van der Waals surface area contributed by atoms with Crippen LogP contribution in [-0.2, 0) is 14.8 Å². The molecule has 118 valence electrons. The fourth-order valence-electron chi connectivity index (χ4n) is 2.53. The number of nitrogen functional groups attached to an aromatic ring is 1. The van der Waals surface area contributed by atoms with Gasteiger partial charge in [0.1, 0.15) is 4.90 Å². The molecule has 2 unspecified atom stereocenters. The number of sulfonamides is 1. The van der Waals surface area contributed by atoms with Crippen LogP contribution < -0.4 is 10.5 Å². The summed E-state index contributed by atoms with van der Waals surface area (Å²) in [5.41, 5.74) is 5.77. The summed E-state index contributed by atoms with van der Waals surface area (Å²) in [6, 6.07) is 2.73. The van der Waals surface area contributed by atoms with Crippen LogP contribution in [0.4, 0.5) is 5.69 Å². The van der Waals surface area contributed by atoms with Gasteiger partial charge in [0.05, 0.1) is 16.8 Å². The normalized spacial score (nSPS) is 22.6. The Labute approximate surface area is 134 Å². The number of nitrogens with two attached hydrogens (primary N) is 1. The maximum atomic E-state index is 12.4. The minimum atomic E-state index is -3.78. The summed E-state index contributed by atoms with van der Waals surface area (Å²) in [5.74, 6) is 0.164. The molecule has 0 spiro atoms. The molecule has 3 N–H and O–H groups in total. The molecule has 21 heavy (non-hydrogen) atoms. The highest BCUT2D eigenvalue weighted by Gasteiger charge is 2.29. The fourth-order valence-corrected chi connectivity index (χ4v) is 4.61. The quantitative estimate of drug-likeness (QED) is 0.798. The number of benzene rings is 1. The van der Waals surface area contributed by atoms with Gasteiger partial charge in [-0.1, -0.05) is 30.1 Å². The van der Waals surface area contributed by atoms with Crippen molar-refractivity contribution in [3.63, 3.8) is 0 Å². The molecule has 1 aliphatic heterocycles. The van der Waals surface area contributed by atoms with E-state index in [1.165, 1.54) is 12.1 Å². The van der Waals surface area contributed by atoms with Crippen molar-refractivity contribution >= 4 is 38.9 Å². The van der Waals surface area contributed by atoms with Crippen LogP contribution in [0.3, 0.4) is 0 Å². The van der Waals surface area contributed by atoms with E-state index in [0.717, 1.165) is 12.8 Å². The molecule has 5 nitrogen and oxygen atoms in total. The first-order valence-electron chi connectivity index (χ1n) is 6.71. The maximum absolute atomic E-state index is 12.4. The molecular weight excluding hydrogens is 335 g/mol. The molecule has 1 aromatic rings. The third-order valence-electron chi connectivity index (χ3n) is 3.59. The van der Waals surface area contributed by atoms with E-state index in [2.05, 4.69) is 4.72 Å². The first kappa shape index (κ1) is 16.8. The Morgan fingerprint density at radius 1 is 1.43 bits per heavy atom. The van der Waals surface area contributed by atoms with Crippen LogP contribution in [0.5, 0.6) is 0 Å². The van der Waals surface area contributed by atoms with Gasteiger partial charge in [0.15, 0.2) is 0 Å². The van der Waals surface area contributed by atoms with Crippen LogP contribution in [-0.4, -0.2) is 27.7 Å². The lowest BCUT2D eigenvalue weighted by Gasteiger charge is -2.18. The van der Waals surface area contributed by atoms with E-state index in [0.29, 0.717) is 18.2 Å². The van der Waals surface area contributed by atoms with Crippen molar-refractivity contribution < 1.29 is 13.2 Å². The SMILES string of the molecule is CCC1OCCC1CNS(=O)(=O)c1c(N)cc(Cl)cc1Cl. The van der Waals surface area contributed by atoms with Gasteiger partial charge in [-0.3, -0.25) is 0 Å².